The Morgan fingerprint density at radius 1 is 1.50 bits per heavy atom. The third kappa shape index (κ3) is 3.23. The zero-order valence-corrected chi connectivity index (χ0v) is 13.4. The molecule has 2 aromatic rings. The molecule has 2 N–H and O–H groups in total. The molecular weight excluding hydrogens is 278 g/mol. The van der Waals surface area contributed by atoms with Crippen LogP contribution in [0.4, 0.5) is 0 Å². The second-order valence-electron chi connectivity index (χ2n) is 5.93. The van der Waals surface area contributed by atoms with Crippen LogP contribution in [-0.4, -0.2) is 33.1 Å². The van der Waals surface area contributed by atoms with Crippen LogP contribution < -0.4 is 5.32 Å². The van der Waals surface area contributed by atoms with Crippen molar-refractivity contribution in [3.8, 4) is 0 Å². The van der Waals surface area contributed by atoms with Gasteiger partial charge in [0, 0.05) is 38.4 Å². The smallest absolute Gasteiger partial charge is 0.103 e. The first-order valence-electron chi connectivity index (χ1n) is 8.12. The van der Waals surface area contributed by atoms with Crippen molar-refractivity contribution in [3.63, 3.8) is 0 Å². The van der Waals surface area contributed by atoms with E-state index in [1.54, 1.807) is 0 Å². The Balaban J connectivity index is 1.62. The fourth-order valence-electron chi connectivity index (χ4n) is 3.16. The summed E-state index contributed by atoms with van der Waals surface area (Å²) in [5, 5.41) is 15.0. The maximum Gasteiger partial charge on any atom is 0.103 e. The van der Waals surface area contributed by atoms with Gasteiger partial charge in [0.1, 0.15) is 6.10 Å². The number of hydrogen-bond donors (Lipinski definition) is 2. The third-order valence-electron chi connectivity index (χ3n) is 4.43. The second kappa shape index (κ2) is 7.07. The highest BCUT2D eigenvalue weighted by Crippen LogP contribution is 2.33. The maximum atomic E-state index is 6.07. The van der Waals surface area contributed by atoms with Gasteiger partial charge in [0.15, 0.2) is 0 Å². The molecule has 2 aromatic heterocycles. The molecule has 0 aromatic carbocycles. The topological polar surface area (TPSA) is 67.8 Å². The predicted molar refractivity (Wildman–Crippen MR) is 84.3 cm³/mol. The van der Waals surface area contributed by atoms with E-state index in [1.807, 2.05) is 17.1 Å². The lowest BCUT2D eigenvalue weighted by molar-refractivity contribution is -0.0327. The number of aromatic amines is 1. The first kappa shape index (κ1) is 15.2. The molecule has 6 heteroatoms. The van der Waals surface area contributed by atoms with Crippen LogP contribution in [0.25, 0.3) is 0 Å². The highest BCUT2D eigenvalue weighted by atomic mass is 16.5. The van der Waals surface area contributed by atoms with Gasteiger partial charge in [-0.25, -0.2) is 0 Å². The number of hydrogen-bond acceptors (Lipinski definition) is 4. The average molecular weight is 303 g/mol. The van der Waals surface area contributed by atoms with E-state index in [0.717, 1.165) is 38.4 Å². The minimum absolute atomic E-state index is 0.145. The molecular formula is C16H25N5O. The fourth-order valence-corrected chi connectivity index (χ4v) is 3.16. The van der Waals surface area contributed by atoms with Gasteiger partial charge in [-0.05, 0) is 38.3 Å². The molecule has 6 nitrogen and oxygen atoms in total. The summed E-state index contributed by atoms with van der Waals surface area (Å²) in [6.45, 7) is 7.69. The van der Waals surface area contributed by atoms with Gasteiger partial charge in [0.25, 0.3) is 0 Å². The third-order valence-corrected chi connectivity index (χ3v) is 4.43. The first-order valence-corrected chi connectivity index (χ1v) is 8.12. The van der Waals surface area contributed by atoms with Crippen molar-refractivity contribution in [2.45, 2.75) is 45.9 Å². The summed E-state index contributed by atoms with van der Waals surface area (Å²) >= 11 is 0. The molecule has 0 radical (unpaired) electrons. The van der Waals surface area contributed by atoms with Crippen LogP contribution in [0, 0.1) is 12.8 Å². The summed E-state index contributed by atoms with van der Waals surface area (Å²) in [6, 6.07) is 2.09. The Hall–Kier alpha value is -1.66. The van der Waals surface area contributed by atoms with Crippen molar-refractivity contribution in [3.05, 3.63) is 35.4 Å². The van der Waals surface area contributed by atoms with E-state index in [9.17, 15) is 0 Å². The van der Waals surface area contributed by atoms with E-state index in [1.165, 1.54) is 17.7 Å². The van der Waals surface area contributed by atoms with Crippen LogP contribution >= 0.6 is 0 Å². The summed E-state index contributed by atoms with van der Waals surface area (Å²) in [5.41, 5.74) is 3.56. The van der Waals surface area contributed by atoms with Crippen molar-refractivity contribution >= 4 is 0 Å². The van der Waals surface area contributed by atoms with Gasteiger partial charge >= 0.3 is 0 Å². The number of rotatable bonds is 6. The number of aryl methyl sites for hydroxylation is 2. The number of nitrogens with zero attached hydrogens (tertiary/aromatic N) is 3. The van der Waals surface area contributed by atoms with Crippen molar-refractivity contribution in [1.82, 2.24) is 25.3 Å². The van der Waals surface area contributed by atoms with Crippen LogP contribution in [-0.2, 0) is 17.8 Å². The van der Waals surface area contributed by atoms with Gasteiger partial charge < -0.3 is 10.1 Å². The first-order chi connectivity index (χ1) is 10.8. The highest BCUT2D eigenvalue weighted by molar-refractivity contribution is 5.13. The standard InChI is InChI=1S/C16H25N5O/c1-3-21-15(6-7-19-21)16-13(5-4-8-22-16)10-17-11-14-12(2)9-18-20-14/h6-7,9,13,16-17H,3-5,8,10-11H2,1-2H3,(H,18,20)/t13-,16+/m0/s1. The van der Waals surface area contributed by atoms with Gasteiger partial charge in [-0.1, -0.05) is 0 Å². The normalized spacial score (nSPS) is 22.1. The van der Waals surface area contributed by atoms with E-state index in [0.29, 0.717) is 5.92 Å². The van der Waals surface area contributed by atoms with E-state index in [2.05, 4.69) is 40.5 Å². The predicted octanol–water partition coefficient (Wildman–Crippen LogP) is 2.19. The molecule has 120 valence electrons. The zero-order chi connectivity index (χ0) is 15.4. The van der Waals surface area contributed by atoms with Crippen LogP contribution in [0.15, 0.2) is 18.5 Å². The van der Waals surface area contributed by atoms with Crippen LogP contribution in [0.5, 0.6) is 0 Å². The van der Waals surface area contributed by atoms with Crippen molar-refractivity contribution in [2.24, 2.45) is 5.92 Å². The molecule has 22 heavy (non-hydrogen) atoms. The SMILES string of the molecule is CCn1nccc1[C@@H]1OCCC[C@H]1CNCc1[nH]ncc1C. The molecule has 1 aliphatic rings. The summed E-state index contributed by atoms with van der Waals surface area (Å²) in [6.07, 6.45) is 6.20. The number of nitrogens with one attached hydrogen (secondary N) is 2. The maximum absolute atomic E-state index is 6.07. The molecule has 0 saturated carbocycles. The molecule has 1 fully saturated rings. The highest BCUT2D eigenvalue weighted by Gasteiger charge is 2.29. The van der Waals surface area contributed by atoms with E-state index in [-0.39, 0.29) is 6.10 Å². The summed E-state index contributed by atoms with van der Waals surface area (Å²) in [5.74, 6) is 0.485. The monoisotopic (exact) mass is 303 g/mol. The molecule has 0 aliphatic carbocycles. The van der Waals surface area contributed by atoms with Gasteiger partial charge in [-0.2, -0.15) is 10.2 Å². The molecule has 0 spiro atoms. The lowest BCUT2D eigenvalue weighted by Crippen LogP contribution is -2.33. The molecule has 2 atom stereocenters. The Kier molecular flexibility index (Phi) is 4.90. The molecule has 0 unspecified atom stereocenters. The van der Waals surface area contributed by atoms with Gasteiger partial charge in [-0.3, -0.25) is 9.78 Å². The second-order valence-corrected chi connectivity index (χ2v) is 5.93. The summed E-state index contributed by atoms with van der Waals surface area (Å²) in [4.78, 5) is 0. The summed E-state index contributed by atoms with van der Waals surface area (Å²) < 4.78 is 8.11. The molecule has 1 saturated heterocycles. The van der Waals surface area contributed by atoms with Crippen molar-refractivity contribution < 1.29 is 4.74 Å². The van der Waals surface area contributed by atoms with Gasteiger partial charge in [0.05, 0.1) is 17.6 Å². The average Bonchev–Trinajstić information content (AvgIpc) is 3.17. The van der Waals surface area contributed by atoms with E-state index >= 15 is 0 Å². The molecule has 3 heterocycles. The Morgan fingerprint density at radius 3 is 3.18 bits per heavy atom. The minimum atomic E-state index is 0.145. The Morgan fingerprint density at radius 2 is 2.41 bits per heavy atom. The van der Waals surface area contributed by atoms with Crippen LogP contribution in [0.2, 0.25) is 0 Å². The number of H-pyrrole nitrogens is 1. The van der Waals surface area contributed by atoms with E-state index in [4.69, 9.17) is 4.74 Å². The summed E-state index contributed by atoms with van der Waals surface area (Å²) in [7, 11) is 0. The Bertz CT molecular complexity index is 591. The van der Waals surface area contributed by atoms with E-state index < -0.39 is 0 Å². The van der Waals surface area contributed by atoms with Crippen molar-refractivity contribution in [2.75, 3.05) is 13.2 Å². The minimum Gasteiger partial charge on any atom is -0.372 e. The van der Waals surface area contributed by atoms with Crippen LogP contribution in [0.1, 0.15) is 42.8 Å². The molecule has 3 rings (SSSR count). The van der Waals surface area contributed by atoms with Crippen LogP contribution in [0.3, 0.4) is 0 Å². The lowest BCUT2D eigenvalue weighted by Gasteiger charge is -2.32. The molecule has 1 aliphatic heterocycles. The lowest BCUT2D eigenvalue weighted by atomic mass is 9.92. The van der Waals surface area contributed by atoms with Crippen molar-refractivity contribution in [1.29, 1.82) is 0 Å². The molecule has 0 amide bonds. The quantitative estimate of drug-likeness (QED) is 0.858. The van der Waals surface area contributed by atoms with Gasteiger partial charge in [0.2, 0.25) is 0 Å². The van der Waals surface area contributed by atoms with Gasteiger partial charge in [-0.15, -0.1) is 0 Å². The fraction of sp³-hybridized carbons (Fsp3) is 0.625. The largest absolute Gasteiger partial charge is 0.372 e. The number of aromatic nitrogens is 4. The Labute approximate surface area is 131 Å². The molecule has 0 bridgehead atoms. The zero-order valence-electron chi connectivity index (χ0n) is 13.4. The number of ether oxygens (including phenoxy) is 1.